The maximum atomic E-state index is 14.4. The third-order valence-corrected chi connectivity index (χ3v) is 4.00. The van der Waals surface area contributed by atoms with Crippen LogP contribution in [-0.2, 0) is 13.0 Å². The highest BCUT2D eigenvalue weighted by Crippen LogP contribution is 2.38. The van der Waals surface area contributed by atoms with Crippen molar-refractivity contribution in [2.45, 2.75) is 33.7 Å². The maximum Gasteiger partial charge on any atom is 0.153 e. The molecule has 20 heavy (non-hydrogen) atoms. The van der Waals surface area contributed by atoms with Gasteiger partial charge in [0, 0.05) is 5.56 Å². The van der Waals surface area contributed by atoms with E-state index in [1.165, 1.54) is 0 Å². The van der Waals surface area contributed by atoms with Crippen LogP contribution in [0.3, 0.4) is 0 Å². The second-order valence-corrected chi connectivity index (χ2v) is 6.50. The summed E-state index contributed by atoms with van der Waals surface area (Å²) in [5.74, 6) is 0.803. The van der Waals surface area contributed by atoms with Crippen LogP contribution in [-0.4, -0.2) is 6.54 Å². The van der Waals surface area contributed by atoms with Gasteiger partial charge in [0.05, 0.1) is 21.4 Å². The molecule has 0 saturated heterocycles. The topological polar surface area (TPSA) is 25.2 Å². The van der Waals surface area contributed by atoms with Crippen LogP contribution in [0.1, 0.15) is 32.1 Å². The lowest BCUT2D eigenvalue weighted by Crippen LogP contribution is -2.12. The van der Waals surface area contributed by atoms with Crippen molar-refractivity contribution in [1.82, 2.24) is 5.32 Å². The molecule has 0 spiro atoms. The van der Waals surface area contributed by atoms with Crippen molar-refractivity contribution in [2.24, 2.45) is 5.92 Å². The van der Waals surface area contributed by atoms with Crippen molar-refractivity contribution >= 4 is 38.5 Å². The molecule has 0 amide bonds. The van der Waals surface area contributed by atoms with E-state index in [1.807, 2.05) is 6.92 Å². The van der Waals surface area contributed by atoms with Gasteiger partial charge < -0.3 is 9.73 Å². The Morgan fingerprint density at radius 3 is 2.75 bits per heavy atom. The third kappa shape index (κ3) is 3.02. The van der Waals surface area contributed by atoms with E-state index in [-0.39, 0.29) is 5.02 Å². The molecule has 1 aromatic heterocycles. The predicted octanol–water partition coefficient (Wildman–Crippen LogP) is 5.30. The quantitative estimate of drug-likeness (QED) is 0.731. The molecule has 0 aliphatic rings. The number of fused-ring (bicyclic) bond motifs is 1. The van der Waals surface area contributed by atoms with E-state index in [2.05, 4.69) is 35.1 Å². The summed E-state index contributed by atoms with van der Waals surface area (Å²) >= 11 is 9.35. The first-order valence-corrected chi connectivity index (χ1v) is 7.91. The van der Waals surface area contributed by atoms with Gasteiger partial charge in [-0.1, -0.05) is 32.4 Å². The van der Waals surface area contributed by atoms with Gasteiger partial charge in [0.1, 0.15) is 5.76 Å². The summed E-state index contributed by atoms with van der Waals surface area (Å²) in [5.41, 5.74) is 1.45. The summed E-state index contributed by atoms with van der Waals surface area (Å²) < 4.78 is 20.9. The highest BCUT2D eigenvalue weighted by molar-refractivity contribution is 9.10. The summed E-state index contributed by atoms with van der Waals surface area (Å²) in [6.45, 7) is 7.66. The summed E-state index contributed by atoms with van der Waals surface area (Å²) in [4.78, 5) is 0. The summed E-state index contributed by atoms with van der Waals surface area (Å²) in [5, 5.41) is 3.85. The zero-order valence-corrected chi connectivity index (χ0v) is 14.2. The smallest absolute Gasteiger partial charge is 0.153 e. The summed E-state index contributed by atoms with van der Waals surface area (Å²) in [7, 11) is 0. The minimum absolute atomic E-state index is 0.116. The SMILES string of the molecule is CCNCc1oc2c(Br)cc(Cl)c(F)c2c1CC(C)C. The zero-order valence-electron chi connectivity index (χ0n) is 11.8. The van der Waals surface area contributed by atoms with Crippen molar-refractivity contribution in [3.8, 4) is 0 Å². The second-order valence-electron chi connectivity index (χ2n) is 5.24. The number of furan rings is 1. The average Bonchev–Trinajstić information content (AvgIpc) is 2.72. The van der Waals surface area contributed by atoms with Gasteiger partial charge in [-0.3, -0.25) is 0 Å². The normalized spacial score (nSPS) is 11.8. The van der Waals surface area contributed by atoms with Crippen LogP contribution in [0.5, 0.6) is 0 Å². The molecule has 5 heteroatoms. The molecule has 2 rings (SSSR count). The molecular weight excluding hydrogens is 345 g/mol. The fraction of sp³-hybridized carbons (Fsp3) is 0.467. The van der Waals surface area contributed by atoms with E-state index in [9.17, 15) is 4.39 Å². The van der Waals surface area contributed by atoms with E-state index in [1.54, 1.807) is 6.07 Å². The lowest BCUT2D eigenvalue weighted by molar-refractivity contribution is 0.505. The average molecular weight is 363 g/mol. The van der Waals surface area contributed by atoms with E-state index in [0.29, 0.717) is 27.9 Å². The standard InChI is InChI=1S/C15H18BrClFNO/c1-4-19-7-12-9(5-8(2)3)13-14(18)11(17)6-10(16)15(13)20-12/h6,8,19H,4-5,7H2,1-3H3. The highest BCUT2D eigenvalue weighted by Gasteiger charge is 2.22. The van der Waals surface area contributed by atoms with E-state index >= 15 is 0 Å². The molecule has 0 unspecified atom stereocenters. The second kappa shape index (κ2) is 6.46. The molecule has 0 aliphatic heterocycles. The van der Waals surface area contributed by atoms with Gasteiger partial charge in [0.15, 0.2) is 11.4 Å². The minimum Gasteiger partial charge on any atom is -0.458 e. The molecule has 0 atom stereocenters. The molecule has 110 valence electrons. The number of nitrogens with one attached hydrogen (secondary N) is 1. The summed E-state index contributed by atoms with van der Waals surface area (Å²) in [6, 6.07) is 1.54. The molecule has 0 bridgehead atoms. The van der Waals surface area contributed by atoms with Crippen LogP contribution >= 0.6 is 27.5 Å². The first-order chi connectivity index (χ1) is 9.45. The Hall–Kier alpha value is -0.580. The van der Waals surface area contributed by atoms with Crippen LogP contribution in [0.25, 0.3) is 11.0 Å². The van der Waals surface area contributed by atoms with E-state index < -0.39 is 5.82 Å². The first kappa shape index (κ1) is 15.8. The molecular formula is C15H18BrClFNO. The minimum atomic E-state index is -0.396. The Balaban J connectivity index is 2.66. The van der Waals surface area contributed by atoms with Crippen LogP contribution in [0, 0.1) is 11.7 Å². The largest absolute Gasteiger partial charge is 0.458 e. The van der Waals surface area contributed by atoms with Crippen molar-refractivity contribution in [1.29, 1.82) is 0 Å². The van der Waals surface area contributed by atoms with Crippen LogP contribution < -0.4 is 5.32 Å². The van der Waals surface area contributed by atoms with Gasteiger partial charge in [0.25, 0.3) is 0 Å². The first-order valence-electron chi connectivity index (χ1n) is 6.74. The van der Waals surface area contributed by atoms with Crippen LogP contribution in [0.15, 0.2) is 15.0 Å². The summed E-state index contributed by atoms with van der Waals surface area (Å²) in [6.07, 6.45) is 0.761. The van der Waals surface area contributed by atoms with Gasteiger partial charge in [-0.2, -0.15) is 0 Å². The van der Waals surface area contributed by atoms with E-state index in [0.717, 1.165) is 24.3 Å². The van der Waals surface area contributed by atoms with Gasteiger partial charge >= 0.3 is 0 Å². The van der Waals surface area contributed by atoms with Gasteiger partial charge in [-0.05, 0) is 40.9 Å². The molecule has 0 aliphatic carbocycles. The molecule has 0 fully saturated rings. The Kier molecular flexibility index (Phi) is 5.10. The Morgan fingerprint density at radius 1 is 1.45 bits per heavy atom. The van der Waals surface area contributed by atoms with Crippen LogP contribution in [0.2, 0.25) is 5.02 Å². The molecule has 0 radical (unpaired) electrons. The van der Waals surface area contributed by atoms with Gasteiger partial charge in [0.2, 0.25) is 0 Å². The number of rotatable bonds is 5. The van der Waals surface area contributed by atoms with Crippen molar-refractivity contribution < 1.29 is 8.81 Å². The van der Waals surface area contributed by atoms with Gasteiger partial charge in [-0.15, -0.1) is 0 Å². The molecule has 1 aromatic carbocycles. The molecule has 2 nitrogen and oxygen atoms in total. The fourth-order valence-electron chi connectivity index (χ4n) is 2.28. The fourth-order valence-corrected chi connectivity index (χ4v) is 3.12. The monoisotopic (exact) mass is 361 g/mol. The Labute approximate surface area is 131 Å². The van der Waals surface area contributed by atoms with Crippen molar-refractivity contribution in [2.75, 3.05) is 6.54 Å². The predicted molar refractivity (Wildman–Crippen MR) is 84.8 cm³/mol. The van der Waals surface area contributed by atoms with Gasteiger partial charge in [-0.25, -0.2) is 4.39 Å². The number of halogens is 3. The lowest BCUT2D eigenvalue weighted by atomic mass is 9.99. The van der Waals surface area contributed by atoms with Crippen molar-refractivity contribution in [3.63, 3.8) is 0 Å². The molecule has 2 aromatic rings. The van der Waals surface area contributed by atoms with E-state index in [4.69, 9.17) is 16.0 Å². The third-order valence-electron chi connectivity index (χ3n) is 3.14. The van der Waals surface area contributed by atoms with Crippen molar-refractivity contribution in [3.05, 3.63) is 32.7 Å². The zero-order chi connectivity index (χ0) is 14.9. The maximum absolute atomic E-state index is 14.4. The number of benzene rings is 1. The Bertz CT molecular complexity index is 624. The highest BCUT2D eigenvalue weighted by atomic mass is 79.9. The van der Waals surface area contributed by atoms with Crippen LogP contribution in [0.4, 0.5) is 4.39 Å². The molecule has 1 N–H and O–H groups in total. The number of hydrogen-bond donors (Lipinski definition) is 1. The molecule has 0 saturated carbocycles. The number of hydrogen-bond acceptors (Lipinski definition) is 2. The lowest BCUT2D eigenvalue weighted by Gasteiger charge is -2.07. The Morgan fingerprint density at radius 2 is 2.15 bits per heavy atom. The molecule has 1 heterocycles.